The molecular weight excluding hydrogens is 299 g/mol. The second-order valence-electron chi connectivity index (χ2n) is 4.32. The number of halogens is 4. The normalized spacial score (nSPS) is 19.6. The summed E-state index contributed by atoms with van der Waals surface area (Å²) >= 11 is 5.44. The first-order chi connectivity index (χ1) is 9.20. The fraction of sp³-hybridized carbons (Fsp3) is 0.364. The molecule has 1 atom stereocenters. The molecule has 2 heterocycles. The van der Waals surface area contributed by atoms with Crippen molar-refractivity contribution >= 4 is 29.2 Å². The lowest BCUT2D eigenvalue weighted by molar-refractivity contribution is -0.139. The summed E-state index contributed by atoms with van der Waals surface area (Å²) in [6.07, 6.45) is -4.57. The van der Waals surface area contributed by atoms with Crippen molar-refractivity contribution in [3.63, 3.8) is 0 Å². The highest BCUT2D eigenvalue weighted by Gasteiger charge is 2.37. The molecule has 0 saturated carbocycles. The topological polar surface area (TPSA) is 62.3 Å². The van der Waals surface area contributed by atoms with E-state index < -0.39 is 34.6 Å². The number of anilines is 1. The summed E-state index contributed by atoms with van der Waals surface area (Å²) in [7, 11) is 0. The largest absolute Gasteiger partial charge is 0.419 e. The van der Waals surface area contributed by atoms with Gasteiger partial charge >= 0.3 is 6.18 Å². The van der Waals surface area contributed by atoms with E-state index in [0.717, 1.165) is 17.1 Å². The van der Waals surface area contributed by atoms with Crippen LogP contribution in [0.1, 0.15) is 18.9 Å². The lowest BCUT2D eigenvalue weighted by Crippen LogP contribution is -2.36. The molecule has 1 aliphatic heterocycles. The molecule has 2 rings (SSSR count). The van der Waals surface area contributed by atoms with Gasteiger partial charge in [-0.1, -0.05) is 18.5 Å². The third kappa shape index (κ3) is 2.69. The summed E-state index contributed by atoms with van der Waals surface area (Å²) in [6, 6.07) is 1.73. The van der Waals surface area contributed by atoms with Crippen LogP contribution in [0.25, 0.3) is 0 Å². The maximum atomic E-state index is 12.5. The molecule has 20 heavy (non-hydrogen) atoms. The molecule has 0 aromatic carbocycles. The molecule has 9 heteroatoms. The molecule has 1 unspecified atom stereocenters. The van der Waals surface area contributed by atoms with E-state index in [1.54, 1.807) is 6.92 Å². The summed E-state index contributed by atoms with van der Waals surface area (Å²) in [5.74, 6) is -1.52. The second-order valence-corrected chi connectivity index (χ2v) is 4.67. The molecule has 0 spiro atoms. The SMILES string of the molecule is CC1CC(=O)N(Nc2ccc(C(F)(F)F)c(Cl)n2)C1=O. The van der Waals surface area contributed by atoms with Gasteiger partial charge in [-0.15, -0.1) is 0 Å². The average Bonchev–Trinajstić information content (AvgIpc) is 2.54. The zero-order chi connectivity index (χ0) is 15.1. The van der Waals surface area contributed by atoms with Crippen molar-refractivity contribution in [1.82, 2.24) is 9.99 Å². The Hall–Kier alpha value is -1.83. The fourth-order valence-electron chi connectivity index (χ4n) is 1.72. The zero-order valence-electron chi connectivity index (χ0n) is 10.2. The van der Waals surface area contributed by atoms with Gasteiger partial charge in [0.05, 0.1) is 5.56 Å². The molecule has 1 aromatic rings. The molecule has 1 fully saturated rings. The minimum absolute atomic E-state index is 0.0419. The first-order valence-corrected chi connectivity index (χ1v) is 5.95. The van der Waals surface area contributed by atoms with E-state index in [4.69, 9.17) is 11.6 Å². The first-order valence-electron chi connectivity index (χ1n) is 5.57. The minimum atomic E-state index is -4.61. The Morgan fingerprint density at radius 3 is 2.50 bits per heavy atom. The number of alkyl halides is 3. The highest BCUT2D eigenvalue weighted by atomic mass is 35.5. The number of aromatic nitrogens is 1. The van der Waals surface area contributed by atoms with Gasteiger partial charge in [-0.2, -0.15) is 18.2 Å². The summed E-state index contributed by atoms with van der Waals surface area (Å²) in [6.45, 7) is 1.58. The Bertz CT molecular complexity index is 577. The Morgan fingerprint density at radius 1 is 1.40 bits per heavy atom. The molecule has 1 aliphatic rings. The van der Waals surface area contributed by atoms with Gasteiger partial charge in [0.1, 0.15) is 11.0 Å². The number of hydrogen-bond acceptors (Lipinski definition) is 4. The summed E-state index contributed by atoms with van der Waals surface area (Å²) in [4.78, 5) is 26.6. The lowest BCUT2D eigenvalue weighted by Gasteiger charge is -2.17. The number of rotatable bonds is 2. The molecule has 5 nitrogen and oxygen atoms in total. The number of hydrogen-bond donors (Lipinski definition) is 1. The van der Waals surface area contributed by atoms with Crippen LogP contribution in [0.15, 0.2) is 12.1 Å². The summed E-state index contributed by atoms with van der Waals surface area (Å²) in [5.41, 5.74) is 1.28. The van der Waals surface area contributed by atoms with Gasteiger partial charge in [-0.05, 0) is 12.1 Å². The van der Waals surface area contributed by atoms with Gasteiger partial charge in [-0.25, -0.2) is 4.98 Å². The van der Waals surface area contributed by atoms with E-state index in [1.165, 1.54) is 0 Å². The lowest BCUT2D eigenvalue weighted by atomic mass is 10.1. The Labute approximate surface area is 116 Å². The molecule has 0 bridgehead atoms. The smallest absolute Gasteiger partial charge is 0.273 e. The second kappa shape index (κ2) is 4.93. The van der Waals surface area contributed by atoms with Crippen LogP contribution in [0.2, 0.25) is 5.15 Å². The van der Waals surface area contributed by atoms with E-state index in [1.807, 2.05) is 0 Å². The molecular formula is C11H9ClF3N3O2. The van der Waals surface area contributed by atoms with Crippen molar-refractivity contribution in [3.05, 3.63) is 22.8 Å². The van der Waals surface area contributed by atoms with Gasteiger partial charge in [-0.3, -0.25) is 15.0 Å². The number of nitrogens with one attached hydrogen (secondary N) is 1. The number of pyridine rings is 1. The zero-order valence-corrected chi connectivity index (χ0v) is 10.9. The first kappa shape index (κ1) is 14.6. The fourth-order valence-corrected chi connectivity index (χ4v) is 1.99. The molecule has 108 valence electrons. The van der Waals surface area contributed by atoms with Gasteiger partial charge in [0.25, 0.3) is 5.91 Å². The standard InChI is InChI=1S/C11H9ClF3N3O2/c1-5-4-8(19)18(10(5)20)17-7-3-2-6(9(12)16-7)11(13,14)15/h2-3,5H,4H2,1H3,(H,16,17). The quantitative estimate of drug-likeness (QED) is 0.673. The predicted molar refractivity (Wildman–Crippen MR) is 63.5 cm³/mol. The third-order valence-corrected chi connectivity index (χ3v) is 3.04. The molecule has 2 amide bonds. The van der Waals surface area contributed by atoms with Crippen molar-refractivity contribution in [3.8, 4) is 0 Å². The van der Waals surface area contributed by atoms with E-state index in [0.29, 0.717) is 0 Å². The van der Waals surface area contributed by atoms with E-state index in [-0.39, 0.29) is 12.2 Å². The van der Waals surface area contributed by atoms with Crippen molar-refractivity contribution in [2.45, 2.75) is 19.5 Å². The van der Waals surface area contributed by atoms with E-state index >= 15 is 0 Å². The molecule has 0 aliphatic carbocycles. The number of hydrazine groups is 1. The van der Waals surface area contributed by atoms with Crippen molar-refractivity contribution in [2.75, 3.05) is 5.43 Å². The predicted octanol–water partition coefficient (Wildman–Crippen LogP) is 2.48. The number of amides is 2. The Kier molecular flexibility index (Phi) is 3.59. The highest BCUT2D eigenvalue weighted by molar-refractivity contribution is 6.30. The number of carbonyl (C=O) groups is 2. The van der Waals surface area contributed by atoms with E-state index in [9.17, 15) is 22.8 Å². The van der Waals surface area contributed by atoms with Crippen molar-refractivity contribution < 1.29 is 22.8 Å². The maximum absolute atomic E-state index is 12.5. The van der Waals surface area contributed by atoms with Gasteiger partial charge < -0.3 is 0 Å². The van der Waals surface area contributed by atoms with Gasteiger partial charge in [0.2, 0.25) is 5.91 Å². The van der Waals surface area contributed by atoms with Crippen LogP contribution in [0.4, 0.5) is 19.0 Å². The summed E-state index contributed by atoms with van der Waals surface area (Å²) in [5, 5.41) is -0.0222. The van der Waals surface area contributed by atoms with Crippen LogP contribution in [0.3, 0.4) is 0 Å². The van der Waals surface area contributed by atoms with Crippen LogP contribution in [0, 0.1) is 5.92 Å². The molecule has 1 N–H and O–H groups in total. The van der Waals surface area contributed by atoms with Gasteiger partial charge in [0, 0.05) is 12.3 Å². The number of nitrogens with zero attached hydrogens (tertiary/aromatic N) is 2. The Morgan fingerprint density at radius 2 is 2.05 bits per heavy atom. The van der Waals surface area contributed by atoms with Crippen LogP contribution in [-0.2, 0) is 15.8 Å². The molecule has 0 radical (unpaired) electrons. The van der Waals surface area contributed by atoms with Crippen LogP contribution < -0.4 is 5.43 Å². The molecule has 1 aromatic heterocycles. The summed E-state index contributed by atoms with van der Waals surface area (Å²) < 4.78 is 37.5. The minimum Gasteiger partial charge on any atom is -0.273 e. The number of imide groups is 1. The van der Waals surface area contributed by atoms with Crippen molar-refractivity contribution in [1.29, 1.82) is 0 Å². The Balaban J connectivity index is 2.22. The van der Waals surface area contributed by atoms with Crippen LogP contribution >= 0.6 is 11.6 Å². The van der Waals surface area contributed by atoms with Crippen LogP contribution in [-0.4, -0.2) is 21.8 Å². The van der Waals surface area contributed by atoms with Crippen molar-refractivity contribution in [2.24, 2.45) is 5.92 Å². The molecule has 1 saturated heterocycles. The average molecular weight is 308 g/mol. The van der Waals surface area contributed by atoms with Gasteiger partial charge in [0.15, 0.2) is 0 Å². The monoisotopic (exact) mass is 307 g/mol. The van der Waals surface area contributed by atoms with E-state index in [2.05, 4.69) is 10.4 Å². The number of carbonyl (C=O) groups excluding carboxylic acids is 2. The highest BCUT2D eigenvalue weighted by Crippen LogP contribution is 2.34. The third-order valence-electron chi connectivity index (χ3n) is 2.75. The van der Waals surface area contributed by atoms with Crippen LogP contribution in [0.5, 0.6) is 0 Å². The maximum Gasteiger partial charge on any atom is 0.419 e.